The van der Waals surface area contributed by atoms with Gasteiger partial charge in [0, 0.05) is 25.8 Å². The zero-order valence-electron chi connectivity index (χ0n) is 20.1. The molecule has 0 bridgehead atoms. The minimum Gasteiger partial charge on any atom is -0.507 e. The second kappa shape index (κ2) is 10.7. The van der Waals surface area contributed by atoms with Crippen molar-refractivity contribution in [1.29, 1.82) is 0 Å². The van der Waals surface area contributed by atoms with Crippen LogP contribution in [-0.2, 0) is 20.7 Å². The van der Waals surface area contributed by atoms with E-state index in [1.165, 1.54) is 0 Å². The molecule has 1 N–H and O–H groups in total. The predicted octanol–water partition coefficient (Wildman–Crippen LogP) is 4.84. The van der Waals surface area contributed by atoms with Crippen molar-refractivity contribution in [1.82, 2.24) is 4.90 Å². The monoisotopic (exact) mass is 451 g/mol. The van der Waals surface area contributed by atoms with E-state index in [0.29, 0.717) is 30.9 Å². The molecule has 0 radical (unpaired) electrons. The molecule has 1 heterocycles. The fourth-order valence-electron chi connectivity index (χ4n) is 4.26. The highest BCUT2D eigenvalue weighted by atomic mass is 16.5. The number of benzene rings is 2. The van der Waals surface area contributed by atoms with E-state index in [4.69, 9.17) is 9.47 Å². The third-order valence-corrected chi connectivity index (χ3v) is 6.12. The number of aliphatic hydroxyl groups is 1. The lowest BCUT2D eigenvalue weighted by atomic mass is 9.92. The van der Waals surface area contributed by atoms with E-state index in [9.17, 15) is 14.7 Å². The van der Waals surface area contributed by atoms with Crippen molar-refractivity contribution in [2.45, 2.75) is 45.6 Å². The van der Waals surface area contributed by atoms with Gasteiger partial charge in [0.1, 0.15) is 11.5 Å². The van der Waals surface area contributed by atoms with Crippen molar-refractivity contribution in [3.8, 4) is 5.75 Å². The van der Waals surface area contributed by atoms with Gasteiger partial charge in [-0.2, -0.15) is 0 Å². The van der Waals surface area contributed by atoms with Crippen molar-refractivity contribution < 1.29 is 24.2 Å². The number of ether oxygens (including phenoxy) is 2. The van der Waals surface area contributed by atoms with Crippen molar-refractivity contribution in [2.24, 2.45) is 0 Å². The van der Waals surface area contributed by atoms with Crippen LogP contribution in [0.2, 0.25) is 0 Å². The summed E-state index contributed by atoms with van der Waals surface area (Å²) in [7, 11) is 3.21. The normalized spacial score (nSPS) is 17.8. The van der Waals surface area contributed by atoms with Crippen LogP contribution in [0.15, 0.2) is 48.0 Å². The molecule has 6 nitrogen and oxygen atoms in total. The number of carbonyl (C=O) groups excluding carboxylic acids is 2. The number of nitrogens with zero attached hydrogens (tertiary/aromatic N) is 1. The van der Waals surface area contributed by atoms with Crippen LogP contribution in [0.5, 0.6) is 5.75 Å². The molecule has 33 heavy (non-hydrogen) atoms. The molecule has 0 aromatic heterocycles. The molecule has 6 heteroatoms. The number of ketones is 1. The second-order valence-electron chi connectivity index (χ2n) is 8.55. The van der Waals surface area contributed by atoms with E-state index >= 15 is 0 Å². The minimum absolute atomic E-state index is 0.113. The molecule has 1 atom stereocenters. The van der Waals surface area contributed by atoms with Crippen LogP contribution in [0.1, 0.15) is 61.4 Å². The number of methoxy groups -OCH3 is 2. The number of likely N-dealkylation sites (tertiary alicyclic amines) is 1. The summed E-state index contributed by atoms with van der Waals surface area (Å²) in [4.78, 5) is 27.7. The molecule has 1 amide bonds. The molecule has 3 rings (SSSR count). The van der Waals surface area contributed by atoms with Gasteiger partial charge in [-0.05, 0) is 53.6 Å². The fourth-order valence-corrected chi connectivity index (χ4v) is 4.26. The van der Waals surface area contributed by atoms with Crippen LogP contribution < -0.4 is 4.74 Å². The number of rotatable bonds is 9. The summed E-state index contributed by atoms with van der Waals surface area (Å²) in [5.41, 5.74) is 3.47. The van der Waals surface area contributed by atoms with Gasteiger partial charge in [-0.25, -0.2) is 0 Å². The summed E-state index contributed by atoms with van der Waals surface area (Å²) in [5, 5.41) is 11.3. The lowest BCUT2D eigenvalue weighted by Crippen LogP contribution is -2.31. The zero-order valence-corrected chi connectivity index (χ0v) is 20.1. The summed E-state index contributed by atoms with van der Waals surface area (Å²) in [5.74, 6) is -0.572. The van der Waals surface area contributed by atoms with Crippen LogP contribution in [0.25, 0.3) is 5.76 Å². The molecule has 0 spiro atoms. The predicted molar refractivity (Wildman–Crippen MR) is 128 cm³/mol. The molecule has 1 aliphatic heterocycles. The van der Waals surface area contributed by atoms with Gasteiger partial charge in [0.2, 0.25) is 0 Å². The van der Waals surface area contributed by atoms with Crippen molar-refractivity contribution >= 4 is 17.4 Å². The van der Waals surface area contributed by atoms with Gasteiger partial charge < -0.3 is 19.5 Å². The first-order chi connectivity index (χ1) is 15.8. The third-order valence-electron chi connectivity index (χ3n) is 6.12. The molecule has 2 aromatic carbocycles. The van der Waals surface area contributed by atoms with Gasteiger partial charge in [-0.15, -0.1) is 0 Å². The van der Waals surface area contributed by atoms with Crippen LogP contribution in [0, 0.1) is 0 Å². The number of hydrogen-bond acceptors (Lipinski definition) is 5. The molecule has 2 aromatic rings. The zero-order chi connectivity index (χ0) is 24.1. The third kappa shape index (κ3) is 4.96. The quantitative estimate of drug-likeness (QED) is 0.256. The van der Waals surface area contributed by atoms with E-state index in [0.717, 1.165) is 23.1 Å². The molecule has 0 saturated carbocycles. The van der Waals surface area contributed by atoms with Crippen molar-refractivity contribution in [3.63, 3.8) is 0 Å². The fraction of sp³-hybridized carbons (Fsp3) is 0.407. The Labute approximate surface area is 195 Å². The molecule has 1 saturated heterocycles. The Morgan fingerprint density at radius 3 is 2.36 bits per heavy atom. The number of aliphatic hydroxyl groups excluding tert-OH is 1. The largest absolute Gasteiger partial charge is 0.507 e. The Balaban J connectivity index is 2.15. The summed E-state index contributed by atoms with van der Waals surface area (Å²) < 4.78 is 10.6. The maximum Gasteiger partial charge on any atom is 0.295 e. The molecule has 176 valence electrons. The number of hydrogen-bond donors (Lipinski definition) is 1. The molecule has 0 aliphatic carbocycles. The smallest absolute Gasteiger partial charge is 0.295 e. The summed E-state index contributed by atoms with van der Waals surface area (Å²) in [6.45, 7) is 6.97. The SMILES string of the molecule is CCc1ccc(C2/C(=C(/O)c3ccc(OC)c(C(C)C)c3)C(=O)C(=O)N2CCCOC)cc1. The Kier molecular flexibility index (Phi) is 7.92. The van der Waals surface area contributed by atoms with Crippen molar-refractivity contribution in [3.05, 3.63) is 70.3 Å². The number of carbonyl (C=O) groups is 2. The summed E-state index contributed by atoms with van der Waals surface area (Å²) in [6.07, 6.45) is 1.48. The number of aryl methyl sites for hydroxylation is 1. The van der Waals surface area contributed by atoms with Gasteiger partial charge in [-0.1, -0.05) is 45.0 Å². The Hall–Kier alpha value is -3.12. The van der Waals surface area contributed by atoms with Crippen molar-refractivity contribution in [2.75, 3.05) is 27.4 Å². The minimum atomic E-state index is -0.670. The van der Waals surface area contributed by atoms with Gasteiger partial charge in [0.25, 0.3) is 11.7 Å². The first-order valence-electron chi connectivity index (χ1n) is 11.4. The Morgan fingerprint density at radius 2 is 1.79 bits per heavy atom. The maximum atomic E-state index is 13.1. The average molecular weight is 452 g/mol. The van der Waals surface area contributed by atoms with Gasteiger partial charge >= 0.3 is 0 Å². The number of amides is 1. The lowest BCUT2D eigenvalue weighted by molar-refractivity contribution is -0.140. The highest BCUT2D eigenvalue weighted by Gasteiger charge is 2.45. The van der Waals surface area contributed by atoms with Crippen LogP contribution in [-0.4, -0.2) is 49.1 Å². The average Bonchev–Trinajstić information content (AvgIpc) is 3.08. The van der Waals surface area contributed by atoms with Crippen LogP contribution in [0.3, 0.4) is 0 Å². The van der Waals surface area contributed by atoms with Gasteiger partial charge in [0.05, 0.1) is 18.7 Å². The molecule has 1 aliphatic rings. The molecule has 1 fully saturated rings. The van der Waals surface area contributed by atoms with Crippen LogP contribution >= 0.6 is 0 Å². The van der Waals surface area contributed by atoms with Gasteiger partial charge in [0.15, 0.2) is 0 Å². The first kappa shape index (κ1) is 24.5. The number of Topliss-reactive ketones (excluding diaryl/α,β-unsaturated/α-hetero) is 1. The Morgan fingerprint density at radius 1 is 1.09 bits per heavy atom. The maximum absolute atomic E-state index is 13.1. The molecular weight excluding hydrogens is 418 g/mol. The first-order valence-corrected chi connectivity index (χ1v) is 11.4. The van der Waals surface area contributed by atoms with E-state index in [1.54, 1.807) is 31.3 Å². The highest BCUT2D eigenvalue weighted by molar-refractivity contribution is 6.46. The van der Waals surface area contributed by atoms with E-state index in [-0.39, 0.29) is 17.3 Å². The topological polar surface area (TPSA) is 76.1 Å². The molecular formula is C27H33NO5. The van der Waals surface area contributed by atoms with E-state index in [2.05, 4.69) is 6.92 Å². The Bertz CT molecular complexity index is 1040. The lowest BCUT2D eigenvalue weighted by Gasteiger charge is -2.25. The van der Waals surface area contributed by atoms with E-state index < -0.39 is 17.7 Å². The summed E-state index contributed by atoms with van der Waals surface area (Å²) in [6, 6.07) is 12.5. The van der Waals surface area contributed by atoms with Gasteiger partial charge in [-0.3, -0.25) is 9.59 Å². The van der Waals surface area contributed by atoms with Crippen LogP contribution in [0.4, 0.5) is 0 Å². The summed E-state index contributed by atoms with van der Waals surface area (Å²) >= 11 is 0. The second-order valence-corrected chi connectivity index (χ2v) is 8.55. The molecule has 1 unspecified atom stereocenters. The standard InChI is InChI=1S/C27H33NO5/c1-6-18-8-10-19(11-9-18)24-23(26(30)27(31)28(24)14-7-15-32-4)25(29)20-12-13-22(33-5)21(16-20)17(2)3/h8-13,16-17,24,29H,6-7,14-15H2,1-5H3/b25-23-. The van der Waals surface area contributed by atoms with E-state index in [1.807, 2.05) is 44.2 Å². The highest BCUT2D eigenvalue weighted by Crippen LogP contribution is 2.40.